The van der Waals surface area contributed by atoms with Crippen molar-refractivity contribution in [1.82, 2.24) is 0 Å². The number of para-hydroxylation sites is 5. The number of benzene rings is 23. The van der Waals surface area contributed by atoms with Crippen molar-refractivity contribution in [1.29, 1.82) is 0 Å². The molecule has 0 atom stereocenters. The number of nitrogens with zero attached hydrogens (tertiary/aromatic N) is 6. The molecule has 0 bridgehead atoms. The van der Waals surface area contributed by atoms with Gasteiger partial charge in [-0.15, -0.1) is 0 Å². The fraction of sp³-hybridized carbons (Fsp3) is 0. The van der Waals surface area contributed by atoms with E-state index in [1.807, 2.05) is 0 Å². The Kier molecular flexibility index (Phi) is 21.5. The fourth-order valence-corrected chi connectivity index (χ4v) is 19.6. The van der Waals surface area contributed by atoms with Gasteiger partial charge in [0.2, 0.25) is 0 Å². The first-order valence-electron chi connectivity index (χ1n) is 45.3. The molecule has 133 heavy (non-hydrogen) atoms. The summed E-state index contributed by atoms with van der Waals surface area (Å²) in [5, 5.41) is 14.2. The van der Waals surface area contributed by atoms with E-state index in [4.69, 9.17) is 0 Å². The van der Waals surface area contributed by atoms with Gasteiger partial charge in [0.15, 0.2) is 0 Å². The molecular formula is C126H87BrN6. The maximum Gasteiger partial charge on any atom is 0.0546 e. The van der Waals surface area contributed by atoms with Gasteiger partial charge in [0.1, 0.15) is 0 Å². The Morgan fingerprint density at radius 2 is 0.293 bits per heavy atom. The molecule has 0 N–H and O–H groups in total. The second-order valence-corrected chi connectivity index (χ2v) is 34.6. The first-order valence-corrected chi connectivity index (χ1v) is 46.1. The van der Waals surface area contributed by atoms with E-state index in [0.29, 0.717) is 0 Å². The van der Waals surface area contributed by atoms with Crippen LogP contribution in [0.15, 0.2) is 532 Å². The van der Waals surface area contributed by atoms with Gasteiger partial charge in [0.25, 0.3) is 0 Å². The van der Waals surface area contributed by atoms with Gasteiger partial charge >= 0.3 is 0 Å². The second-order valence-electron chi connectivity index (χ2n) is 33.7. The SMILES string of the molecule is Brc1ccc(N(c2ccc(N(c3cc4ccccc4c4ccccc34)c3cc4ccc(-c5ccc(N(c6ccc(-c7ccc(N(c8ccccc8)c8ccccc8)cc7)cc6)c6ccc(-c7ccc(N(c8ccccc8)c8ccc(-c9ccc(N(c%10ccccc%10)c%10ccccc%10)cc9)cc8)cc7)cc6)cc5)cc4c4ccccc34)cc2)c2cc3ccccc3c3ccccc23)cc1. The Morgan fingerprint density at radius 1 is 0.113 bits per heavy atom. The molecule has 0 saturated carbocycles. The first kappa shape index (κ1) is 80.5. The van der Waals surface area contributed by atoms with Crippen LogP contribution < -0.4 is 29.4 Å². The summed E-state index contributed by atoms with van der Waals surface area (Å²) < 4.78 is 1.03. The molecule has 23 aromatic carbocycles. The van der Waals surface area contributed by atoms with Crippen LogP contribution in [-0.2, 0) is 0 Å². The van der Waals surface area contributed by atoms with E-state index in [2.05, 4.69) is 573 Å². The number of halogens is 1. The number of rotatable bonds is 22. The van der Waals surface area contributed by atoms with Gasteiger partial charge < -0.3 is 29.4 Å². The lowest BCUT2D eigenvalue weighted by Gasteiger charge is -2.31. The highest BCUT2D eigenvalue weighted by molar-refractivity contribution is 9.10. The van der Waals surface area contributed by atoms with Crippen molar-refractivity contribution in [3.8, 4) is 44.5 Å². The van der Waals surface area contributed by atoms with Gasteiger partial charge in [-0.25, -0.2) is 0 Å². The Hall–Kier alpha value is -17.1. The summed E-state index contributed by atoms with van der Waals surface area (Å²) in [6.07, 6.45) is 0. The van der Waals surface area contributed by atoms with Crippen LogP contribution in [0.1, 0.15) is 0 Å². The summed E-state index contributed by atoms with van der Waals surface area (Å²) in [4.78, 5) is 14.2. The van der Waals surface area contributed by atoms with Gasteiger partial charge in [0, 0.05) is 106 Å². The van der Waals surface area contributed by atoms with Crippen LogP contribution in [0.5, 0.6) is 0 Å². The van der Waals surface area contributed by atoms with Crippen LogP contribution in [0.4, 0.5) is 102 Å². The van der Waals surface area contributed by atoms with E-state index < -0.39 is 0 Å². The Morgan fingerprint density at radius 3 is 0.579 bits per heavy atom. The number of hydrogen-bond acceptors (Lipinski definition) is 6. The van der Waals surface area contributed by atoms with E-state index in [1.54, 1.807) is 0 Å². The summed E-state index contributed by atoms with van der Waals surface area (Å²) in [6.45, 7) is 0. The molecule has 7 heteroatoms. The maximum absolute atomic E-state index is 3.76. The van der Waals surface area contributed by atoms with Gasteiger partial charge in [0.05, 0.1) is 17.1 Å². The van der Waals surface area contributed by atoms with Crippen molar-refractivity contribution >= 4 is 183 Å². The van der Waals surface area contributed by atoms with Gasteiger partial charge in [-0.05, 0) is 311 Å². The molecule has 0 heterocycles. The van der Waals surface area contributed by atoms with Crippen LogP contribution in [0.2, 0.25) is 0 Å². The van der Waals surface area contributed by atoms with Crippen LogP contribution in [0.25, 0.3) is 109 Å². The standard InChI is InChI=1S/C126H87BrN6/c127-99-62-78-112(79-63-99)132(124-85-96-26-16-18-38-115(96)117-40-20-23-43-120(117)124)113-80-82-114(83-81-113)133(125-86-97-27-17-19-39-116(97)118-41-21-24-44-121(118)125)126-87-98-47-46-95(84-123(98)119-42-22-25-45-122(119)126)94-60-76-111(77-61-94)131(109-72-56-92(57-73-109)89-50-66-106(67-51-89)129(102-32-10-3-11-33-102)103-34-12-4-13-35-103)110-74-58-93(59-75-110)91-54-70-108(71-55-91)130(104-36-14-5-15-37-104)107-68-52-90(53-69-107)88-48-64-105(65-49-88)128(100-28-6-1-7-29-100)101-30-8-2-9-31-101/h1-87H. The van der Waals surface area contributed by atoms with E-state index in [0.717, 1.165) is 162 Å². The van der Waals surface area contributed by atoms with Crippen molar-refractivity contribution in [3.05, 3.63) is 532 Å². The normalized spacial score (nSPS) is 11.3. The molecular weight excluding hydrogens is 1680 g/mol. The molecule has 0 aliphatic heterocycles. The molecule has 0 aromatic heterocycles. The van der Waals surface area contributed by atoms with Crippen molar-refractivity contribution in [2.24, 2.45) is 0 Å². The fourth-order valence-electron chi connectivity index (χ4n) is 19.4. The molecule has 0 unspecified atom stereocenters. The average Bonchev–Trinajstić information content (AvgIpc) is 0.760. The van der Waals surface area contributed by atoms with E-state index in [-0.39, 0.29) is 0 Å². The summed E-state index contributed by atoms with van der Waals surface area (Å²) in [6, 6.07) is 192. The topological polar surface area (TPSA) is 19.4 Å². The molecule has 0 spiro atoms. The molecule has 6 nitrogen and oxygen atoms in total. The second kappa shape index (κ2) is 35.5. The predicted octanol–water partition coefficient (Wildman–Crippen LogP) is 36.9. The monoisotopic (exact) mass is 1760 g/mol. The first-order chi connectivity index (χ1) is 65.9. The van der Waals surface area contributed by atoms with Gasteiger partial charge in [-0.3, -0.25) is 0 Å². The summed E-state index contributed by atoms with van der Waals surface area (Å²) in [5.41, 5.74) is 28.4. The number of hydrogen-bond donors (Lipinski definition) is 0. The molecule has 0 aliphatic rings. The van der Waals surface area contributed by atoms with Crippen LogP contribution in [0, 0.1) is 0 Å². The van der Waals surface area contributed by atoms with E-state index >= 15 is 0 Å². The van der Waals surface area contributed by atoms with Gasteiger partial charge in [-0.2, -0.15) is 0 Å². The molecule has 23 aromatic rings. The average molecular weight is 1770 g/mol. The zero-order valence-corrected chi connectivity index (χ0v) is 74.4. The van der Waals surface area contributed by atoms with Crippen molar-refractivity contribution in [2.45, 2.75) is 0 Å². The minimum absolute atomic E-state index is 1.03. The van der Waals surface area contributed by atoms with Crippen molar-refractivity contribution < 1.29 is 0 Å². The molecule has 0 aliphatic carbocycles. The minimum atomic E-state index is 1.03. The number of fused-ring (bicyclic) bond motifs is 9. The van der Waals surface area contributed by atoms with Crippen molar-refractivity contribution in [3.63, 3.8) is 0 Å². The highest BCUT2D eigenvalue weighted by Gasteiger charge is 2.26. The quantitative estimate of drug-likeness (QED) is 0.0626. The van der Waals surface area contributed by atoms with Crippen LogP contribution in [-0.4, -0.2) is 0 Å². The van der Waals surface area contributed by atoms with Gasteiger partial charge in [-0.1, -0.05) is 325 Å². The summed E-state index contributed by atoms with van der Waals surface area (Å²) >= 11 is 3.76. The highest BCUT2D eigenvalue weighted by Crippen LogP contribution is 2.51. The lowest BCUT2D eigenvalue weighted by atomic mass is 9.94. The Balaban J connectivity index is 0.579. The minimum Gasteiger partial charge on any atom is -0.311 e. The predicted molar refractivity (Wildman–Crippen MR) is 569 cm³/mol. The molecule has 0 amide bonds. The molecule has 0 fully saturated rings. The van der Waals surface area contributed by atoms with E-state index in [1.165, 1.54) is 53.9 Å². The molecule has 628 valence electrons. The zero-order valence-electron chi connectivity index (χ0n) is 72.8. The molecule has 23 rings (SSSR count). The Bertz CT molecular complexity index is 8040. The lowest BCUT2D eigenvalue weighted by Crippen LogP contribution is -2.13. The smallest absolute Gasteiger partial charge is 0.0546 e. The highest BCUT2D eigenvalue weighted by atomic mass is 79.9. The Labute approximate surface area is 783 Å². The maximum atomic E-state index is 3.76. The van der Waals surface area contributed by atoms with Crippen LogP contribution >= 0.6 is 15.9 Å². The van der Waals surface area contributed by atoms with Crippen molar-refractivity contribution in [2.75, 3.05) is 29.4 Å². The summed E-state index contributed by atoms with van der Waals surface area (Å²) in [5.74, 6) is 0. The molecule has 0 radical (unpaired) electrons. The zero-order chi connectivity index (χ0) is 88.5. The summed E-state index contributed by atoms with van der Waals surface area (Å²) in [7, 11) is 0. The third kappa shape index (κ3) is 15.8. The number of anilines is 18. The largest absolute Gasteiger partial charge is 0.311 e. The lowest BCUT2D eigenvalue weighted by molar-refractivity contribution is 1.28. The van der Waals surface area contributed by atoms with Crippen LogP contribution in [0.3, 0.4) is 0 Å². The third-order valence-electron chi connectivity index (χ3n) is 25.8. The molecule has 0 saturated heterocycles. The third-order valence-corrected chi connectivity index (χ3v) is 26.3. The van der Waals surface area contributed by atoms with E-state index in [9.17, 15) is 0 Å².